The van der Waals surface area contributed by atoms with E-state index in [-0.39, 0.29) is 17.1 Å². The molecule has 4 rings (SSSR count). The summed E-state index contributed by atoms with van der Waals surface area (Å²) in [5, 5.41) is 11.2. The first kappa shape index (κ1) is 21.1. The molecular weight excluding hydrogens is 403 g/mol. The molecule has 0 radical (unpaired) electrons. The summed E-state index contributed by atoms with van der Waals surface area (Å²) in [6.07, 6.45) is 0.901. The molecular formula is C20H25FN8O2. The average molecular weight is 428 g/mol. The van der Waals surface area contributed by atoms with Gasteiger partial charge in [-0.3, -0.25) is 9.36 Å². The van der Waals surface area contributed by atoms with Gasteiger partial charge in [-0.05, 0) is 44.3 Å². The lowest BCUT2D eigenvalue weighted by Gasteiger charge is -2.32. The van der Waals surface area contributed by atoms with Crippen LogP contribution in [0.1, 0.15) is 6.42 Å². The fourth-order valence-corrected chi connectivity index (χ4v) is 3.57. The van der Waals surface area contributed by atoms with E-state index in [0.717, 1.165) is 43.7 Å². The van der Waals surface area contributed by atoms with Crippen molar-refractivity contribution in [3.05, 3.63) is 50.9 Å². The highest BCUT2D eigenvalue weighted by molar-refractivity contribution is 5.71. The molecule has 0 amide bonds. The topological polar surface area (TPSA) is 101 Å². The quantitative estimate of drug-likeness (QED) is 0.550. The minimum absolute atomic E-state index is 0.0167. The average Bonchev–Trinajstić information content (AvgIpc) is 2.78. The molecule has 0 unspecified atom stereocenters. The van der Waals surface area contributed by atoms with Gasteiger partial charge in [0.05, 0.1) is 5.69 Å². The Kier molecular flexibility index (Phi) is 6.05. The van der Waals surface area contributed by atoms with Crippen LogP contribution in [0.2, 0.25) is 0 Å². The first-order valence-corrected chi connectivity index (χ1v) is 10.2. The van der Waals surface area contributed by atoms with Crippen LogP contribution in [-0.4, -0.2) is 80.4 Å². The highest BCUT2D eigenvalue weighted by Crippen LogP contribution is 2.12. The molecule has 1 N–H and O–H groups in total. The van der Waals surface area contributed by atoms with Gasteiger partial charge in [0.15, 0.2) is 11.2 Å². The van der Waals surface area contributed by atoms with Gasteiger partial charge in [0, 0.05) is 39.8 Å². The molecule has 3 aromatic rings. The van der Waals surface area contributed by atoms with Crippen LogP contribution in [0, 0.1) is 5.82 Å². The Morgan fingerprint density at radius 1 is 1.03 bits per heavy atom. The van der Waals surface area contributed by atoms with E-state index in [9.17, 15) is 14.0 Å². The molecule has 0 atom stereocenters. The van der Waals surface area contributed by atoms with Crippen molar-refractivity contribution in [1.82, 2.24) is 34.1 Å². The molecule has 1 saturated heterocycles. The number of likely N-dealkylation sites (N-methyl/N-ethyl adjacent to an activating group) is 1. The van der Waals surface area contributed by atoms with Gasteiger partial charge in [-0.2, -0.15) is 0 Å². The normalized spacial score (nSPS) is 15.5. The van der Waals surface area contributed by atoms with Crippen molar-refractivity contribution >= 4 is 17.1 Å². The van der Waals surface area contributed by atoms with Crippen molar-refractivity contribution in [2.24, 2.45) is 7.05 Å². The lowest BCUT2D eigenvalue weighted by atomic mass is 10.3. The summed E-state index contributed by atoms with van der Waals surface area (Å²) in [5.41, 5.74) is -0.747. The van der Waals surface area contributed by atoms with E-state index in [4.69, 9.17) is 0 Å². The van der Waals surface area contributed by atoms with Crippen LogP contribution in [0.15, 0.2) is 33.9 Å². The Balaban J connectivity index is 1.54. The van der Waals surface area contributed by atoms with E-state index in [1.54, 1.807) is 0 Å². The van der Waals surface area contributed by atoms with Gasteiger partial charge in [0.1, 0.15) is 5.82 Å². The zero-order valence-corrected chi connectivity index (χ0v) is 17.6. The number of hydrogen-bond donors (Lipinski definition) is 1. The van der Waals surface area contributed by atoms with Crippen molar-refractivity contribution in [2.45, 2.75) is 6.42 Å². The second-order valence-corrected chi connectivity index (χ2v) is 7.69. The first-order chi connectivity index (χ1) is 14.9. The summed E-state index contributed by atoms with van der Waals surface area (Å²) < 4.78 is 15.5. The molecule has 0 saturated carbocycles. The molecule has 11 heteroatoms. The number of aromatic nitrogens is 5. The number of benzene rings is 1. The predicted octanol–water partition coefficient (Wildman–Crippen LogP) is 0.0629. The van der Waals surface area contributed by atoms with Crippen LogP contribution < -0.4 is 16.6 Å². The lowest BCUT2D eigenvalue weighted by Crippen LogP contribution is -2.44. The standard InChI is InChI=1S/C20H25FN8O2/c1-26-10-12-28(13-11-26)9-3-8-22-19-23-16-17(24-25-19)29(20(31)27(2)18(16)30)15-6-4-14(21)5-7-15/h4-7H,3,8-13H2,1-2H3,(H,22,23,25). The zero-order chi connectivity index (χ0) is 22.0. The van der Waals surface area contributed by atoms with Gasteiger partial charge in [-0.15, -0.1) is 10.2 Å². The molecule has 164 valence electrons. The van der Waals surface area contributed by atoms with Crippen molar-refractivity contribution in [2.75, 3.05) is 51.6 Å². The third-order valence-electron chi connectivity index (χ3n) is 5.48. The van der Waals surface area contributed by atoms with E-state index < -0.39 is 17.1 Å². The number of fused-ring (bicyclic) bond motifs is 1. The third kappa shape index (κ3) is 4.47. The van der Waals surface area contributed by atoms with Crippen molar-refractivity contribution in [1.29, 1.82) is 0 Å². The van der Waals surface area contributed by atoms with E-state index in [1.165, 1.54) is 35.9 Å². The van der Waals surface area contributed by atoms with Crippen LogP contribution in [0.3, 0.4) is 0 Å². The summed E-state index contributed by atoms with van der Waals surface area (Å²) in [6, 6.07) is 5.34. The molecule has 1 aromatic carbocycles. The van der Waals surface area contributed by atoms with E-state index in [2.05, 4.69) is 37.3 Å². The van der Waals surface area contributed by atoms with E-state index >= 15 is 0 Å². The molecule has 10 nitrogen and oxygen atoms in total. The van der Waals surface area contributed by atoms with Crippen LogP contribution in [0.5, 0.6) is 0 Å². The number of rotatable bonds is 6. The Morgan fingerprint density at radius 2 is 1.74 bits per heavy atom. The highest BCUT2D eigenvalue weighted by Gasteiger charge is 2.17. The maximum absolute atomic E-state index is 13.3. The summed E-state index contributed by atoms with van der Waals surface area (Å²) in [5.74, 6) is -0.203. The second kappa shape index (κ2) is 8.90. The van der Waals surface area contributed by atoms with Gasteiger partial charge in [0.25, 0.3) is 5.56 Å². The summed E-state index contributed by atoms with van der Waals surface area (Å²) >= 11 is 0. The number of halogens is 1. The minimum atomic E-state index is -0.604. The predicted molar refractivity (Wildman–Crippen MR) is 115 cm³/mol. The highest BCUT2D eigenvalue weighted by atomic mass is 19.1. The number of nitrogens with zero attached hydrogens (tertiary/aromatic N) is 7. The maximum Gasteiger partial charge on any atom is 0.337 e. The lowest BCUT2D eigenvalue weighted by molar-refractivity contribution is 0.154. The van der Waals surface area contributed by atoms with Crippen molar-refractivity contribution in [3.63, 3.8) is 0 Å². The van der Waals surface area contributed by atoms with Crippen molar-refractivity contribution < 1.29 is 4.39 Å². The van der Waals surface area contributed by atoms with Gasteiger partial charge in [-0.1, -0.05) is 0 Å². The van der Waals surface area contributed by atoms with Gasteiger partial charge < -0.3 is 15.1 Å². The molecule has 1 fully saturated rings. The Morgan fingerprint density at radius 3 is 2.45 bits per heavy atom. The molecule has 0 spiro atoms. The molecule has 0 bridgehead atoms. The summed E-state index contributed by atoms with van der Waals surface area (Å²) in [7, 11) is 3.50. The fraction of sp³-hybridized carbons (Fsp3) is 0.450. The van der Waals surface area contributed by atoms with E-state index in [0.29, 0.717) is 12.2 Å². The number of anilines is 1. The SMILES string of the molecule is CN1CCN(CCCNc2nnc3c(n2)c(=O)n(C)c(=O)n3-c2ccc(F)cc2)CC1. The minimum Gasteiger partial charge on any atom is -0.353 e. The molecule has 1 aliphatic heterocycles. The summed E-state index contributed by atoms with van der Waals surface area (Å²) in [6.45, 7) is 5.86. The Bertz CT molecular complexity index is 1180. The number of hydrogen-bond acceptors (Lipinski definition) is 8. The van der Waals surface area contributed by atoms with Crippen molar-refractivity contribution in [3.8, 4) is 5.69 Å². The van der Waals surface area contributed by atoms with Crippen LogP contribution >= 0.6 is 0 Å². The van der Waals surface area contributed by atoms with Crippen LogP contribution in [0.25, 0.3) is 16.9 Å². The number of nitrogens with one attached hydrogen (secondary N) is 1. The molecule has 1 aliphatic rings. The largest absolute Gasteiger partial charge is 0.353 e. The second-order valence-electron chi connectivity index (χ2n) is 7.69. The maximum atomic E-state index is 13.3. The van der Waals surface area contributed by atoms with Gasteiger partial charge >= 0.3 is 5.69 Å². The smallest absolute Gasteiger partial charge is 0.337 e. The van der Waals surface area contributed by atoms with Gasteiger partial charge in [0.2, 0.25) is 5.95 Å². The third-order valence-corrected chi connectivity index (χ3v) is 5.48. The Hall–Kier alpha value is -3.18. The van der Waals surface area contributed by atoms with Gasteiger partial charge in [-0.25, -0.2) is 18.7 Å². The molecule has 3 heterocycles. The summed E-state index contributed by atoms with van der Waals surface area (Å²) in [4.78, 5) is 34.3. The fourth-order valence-electron chi connectivity index (χ4n) is 3.57. The zero-order valence-electron chi connectivity index (χ0n) is 17.6. The Labute approximate surface area is 177 Å². The van der Waals surface area contributed by atoms with E-state index in [1.807, 2.05) is 0 Å². The van der Waals surface area contributed by atoms with Crippen LogP contribution in [-0.2, 0) is 7.05 Å². The molecule has 0 aliphatic carbocycles. The molecule has 31 heavy (non-hydrogen) atoms. The first-order valence-electron chi connectivity index (χ1n) is 10.2. The number of piperazine rings is 1. The monoisotopic (exact) mass is 428 g/mol. The molecule has 2 aromatic heterocycles. The van der Waals surface area contributed by atoms with Crippen LogP contribution in [0.4, 0.5) is 10.3 Å².